The van der Waals surface area contributed by atoms with Crippen molar-refractivity contribution in [2.75, 3.05) is 11.9 Å². The van der Waals surface area contributed by atoms with Gasteiger partial charge >= 0.3 is 0 Å². The minimum Gasteiger partial charge on any atom is -0.350 e. The molecule has 2 aromatic carbocycles. The maximum absolute atomic E-state index is 12.8. The molecule has 0 saturated heterocycles. The van der Waals surface area contributed by atoms with E-state index >= 15 is 0 Å². The number of carbonyl (C=O) groups excluding carboxylic acids is 2. The zero-order valence-corrected chi connectivity index (χ0v) is 14.8. The standard InChI is InChI=1S/C21H22N2O2/c1-4-10-23-20(24)18(16-8-6-5-7-9-16)19(21(23)25)22-17-12-14(2)11-15(3)13-17/h5-9,11-13,22H,4,10H2,1-3H3. The van der Waals surface area contributed by atoms with Crippen LogP contribution in [0.25, 0.3) is 5.57 Å². The van der Waals surface area contributed by atoms with Crippen LogP contribution in [0, 0.1) is 13.8 Å². The third kappa shape index (κ3) is 3.33. The molecule has 1 N–H and O–H groups in total. The smallest absolute Gasteiger partial charge is 0.278 e. The van der Waals surface area contributed by atoms with Crippen molar-refractivity contribution in [1.82, 2.24) is 4.90 Å². The molecule has 25 heavy (non-hydrogen) atoms. The molecule has 1 aliphatic rings. The molecule has 0 unspecified atom stereocenters. The topological polar surface area (TPSA) is 49.4 Å². The van der Waals surface area contributed by atoms with E-state index in [2.05, 4.69) is 11.4 Å². The lowest BCUT2D eigenvalue weighted by Crippen LogP contribution is -2.33. The predicted molar refractivity (Wildman–Crippen MR) is 99.9 cm³/mol. The number of nitrogens with one attached hydrogen (secondary N) is 1. The van der Waals surface area contributed by atoms with Gasteiger partial charge in [0.25, 0.3) is 11.8 Å². The summed E-state index contributed by atoms with van der Waals surface area (Å²) in [7, 11) is 0. The van der Waals surface area contributed by atoms with Gasteiger partial charge in [0, 0.05) is 12.2 Å². The van der Waals surface area contributed by atoms with E-state index in [0.717, 1.165) is 28.8 Å². The van der Waals surface area contributed by atoms with Gasteiger partial charge in [0.2, 0.25) is 0 Å². The first kappa shape index (κ1) is 17.0. The summed E-state index contributed by atoms with van der Waals surface area (Å²) in [6.07, 6.45) is 0.733. The number of hydrogen-bond acceptors (Lipinski definition) is 3. The van der Waals surface area contributed by atoms with E-state index in [0.29, 0.717) is 17.8 Å². The van der Waals surface area contributed by atoms with E-state index in [4.69, 9.17) is 0 Å². The van der Waals surface area contributed by atoms with Gasteiger partial charge in [-0.3, -0.25) is 14.5 Å². The molecule has 4 nitrogen and oxygen atoms in total. The van der Waals surface area contributed by atoms with Gasteiger partial charge in [-0.15, -0.1) is 0 Å². The Morgan fingerprint density at radius 1 is 0.920 bits per heavy atom. The minimum absolute atomic E-state index is 0.232. The molecule has 0 bridgehead atoms. The van der Waals surface area contributed by atoms with E-state index in [1.807, 2.05) is 63.2 Å². The second-order valence-electron chi connectivity index (χ2n) is 6.38. The summed E-state index contributed by atoms with van der Waals surface area (Å²) in [4.78, 5) is 27.0. The molecule has 0 aliphatic carbocycles. The average Bonchev–Trinajstić information content (AvgIpc) is 2.80. The fourth-order valence-electron chi connectivity index (χ4n) is 3.18. The second-order valence-corrected chi connectivity index (χ2v) is 6.38. The highest BCUT2D eigenvalue weighted by Gasteiger charge is 2.38. The molecule has 128 valence electrons. The Balaban J connectivity index is 2.08. The summed E-state index contributed by atoms with van der Waals surface area (Å²) < 4.78 is 0. The molecule has 0 saturated carbocycles. The monoisotopic (exact) mass is 334 g/mol. The molecule has 2 aromatic rings. The molecule has 0 spiro atoms. The molecule has 1 heterocycles. The van der Waals surface area contributed by atoms with Crippen molar-refractivity contribution in [2.45, 2.75) is 27.2 Å². The molecule has 0 radical (unpaired) electrons. The highest BCUT2D eigenvalue weighted by atomic mass is 16.2. The van der Waals surface area contributed by atoms with Crippen LogP contribution in [0.3, 0.4) is 0 Å². The van der Waals surface area contributed by atoms with Gasteiger partial charge in [-0.05, 0) is 49.1 Å². The number of imide groups is 1. The quantitative estimate of drug-likeness (QED) is 0.844. The Labute approximate surface area is 148 Å². The van der Waals surface area contributed by atoms with E-state index in [-0.39, 0.29) is 11.8 Å². The lowest BCUT2D eigenvalue weighted by molar-refractivity contribution is -0.136. The minimum atomic E-state index is -0.259. The Morgan fingerprint density at radius 2 is 1.56 bits per heavy atom. The van der Waals surface area contributed by atoms with Crippen LogP contribution >= 0.6 is 0 Å². The largest absolute Gasteiger partial charge is 0.350 e. The van der Waals surface area contributed by atoms with Crippen molar-refractivity contribution in [3.8, 4) is 0 Å². The number of benzene rings is 2. The molecule has 1 aliphatic heterocycles. The number of rotatable bonds is 5. The van der Waals surface area contributed by atoms with Gasteiger partial charge in [0.05, 0.1) is 5.57 Å². The lowest BCUT2D eigenvalue weighted by atomic mass is 10.0. The first-order valence-electron chi connectivity index (χ1n) is 8.52. The van der Waals surface area contributed by atoms with E-state index in [1.165, 1.54) is 4.90 Å². The number of aryl methyl sites for hydroxylation is 2. The first-order chi connectivity index (χ1) is 12.0. The van der Waals surface area contributed by atoms with Crippen molar-refractivity contribution in [2.24, 2.45) is 0 Å². The van der Waals surface area contributed by atoms with Crippen molar-refractivity contribution in [3.05, 3.63) is 70.9 Å². The van der Waals surface area contributed by atoms with Gasteiger partial charge in [0.15, 0.2) is 0 Å². The maximum atomic E-state index is 12.8. The fourth-order valence-corrected chi connectivity index (χ4v) is 3.18. The Morgan fingerprint density at radius 3 is 2.16 bits per heavy atom. The number of carbonyl (C=O) groups is 2. The van der Waals surface area contributed by atoms with Crippen LogP contribution < -0.4 is 5.32 Å². The van der Waals surface area contributed by atoms with Crippen LogP contribution in [0.2, 0.25) is 0 Å². The van der Waals surface area contributed by atoms with Crippen molar-refractivity contribution in [3.63, 3.8) is 0 Å². The maximum Gasteiger partial charge on any atom is 0.278 e. The van der Waals surface area contributed by atoms with Crippen molar-refractivity contribution >= 4 is 23.1 Å². The highest BCUT2D eigenvalue weighted by Crippen LogP contribution is 2.30. The van der Waals surface area contributed by atoms with E-state index in [1.54, 1.807) is 0 Å². The number of amides is 2. The van der Waals surface area contributed by atoms with Gasteiger partial charge in [0.1, 0.15) is 5.70 Å². The van der Waals surface area contributed by atoms with Crippen molar-refractivity contribution in [1.29, 1.82) is 0 Å². The summed E-state index contributed by atoms with van der Waals surface area (Å²) in [5.74, 6) is -0.491. The van der Waals surface area contributed by atoms with E-state index in [9.17, 15) is 9.59 Å². The van der Waals surface area contributed by atoms with Crippen LogP contribution in [-0.4, -0.2) is 23.3 Å². The zero-order chi connectivity index (χ0) is 18.0. The summed E-state index contributed by atoms with van der Waals surface area (Å²) in [6, 6.07) is 15.4. The molecule has 0 aromatic heterocycles. The molecule has 0 atom stereocenters. The molecular weight excluding hydrogens is 312 g/mol. The molecular formula is C21H22N2O2. The highest BCUT2D eigenvalue weighted by molar-refractivity contribution is 6.36. The van der Waals surface area contributed by atoms with Crippen LogP contribution in [-0.2, 0) is 9.59 Å². The molecule has 3 rings (SSSR count). The number of hydrogen-bond donors (Lipinski definition) is 1. The van der Waals surface area contributed by atoms with Crippen LogP contribution in [0.5, 0.6) is 0 Å². The summed E-state index contributed by atoms with van der Waals surface area (Å²) >= 11 is 0. The van der Waals surface area contributed by atoms with Crippen molar-refractivity contribution < 1.29 is 9.59 Å². The van der Waals surface area contributed by atoms with Gasteiger partial charge in [-0.1, -0.05) is 43.3 Å². The van der Waals surface area contributed by atoms with Crippen LogP contribution in [0.4, 0.5) is 5.69 Å². The second kappa shape index (κ2) is 6.93. The summed E-state index contributed by atoms with van der Waals surface area (Å²) in [5, 5.41) is 3.21. The number of nitrogens with zero attached hydrogens (tertiary/aromatic N) is 1. The van der Waals surface area contributed by atoms with Crippen LogP contribution in [0.1, 0.15) is 30.0 Å². The van der Waals surface area contributed by atoms with Gasteiger partial charge in [-0.2, -0.15) is 0 Å². The Bertz CT molecular complexity index is 833. The lowest BCUT2D eigenvalue weighted by Gasteiger charge is -2.14. The first-order valence-corrected chi connectivity index (χ1v) is 8.52. The van der Waals surface area contributed by atoms with Crippen LogP contribution in [0.15, 0.2) is 54.2 Å². The average molecular weight is 334 g/mol. The third-order valence-electron chi connectivity index (χ3n) is 4.17. The number of anilines is 1. The summed E-state index contributed by atoms with van der Waals surface area (Å²) in [6.45, 7) is 6.40. The molecule has 0 fully saturated rings. The predicted octanol–water partition coefficient (Wildman–Crippen LogP) is 3.91. The molecule has 2 amide bonds. The fraction of sp³-hybridized carbons (Fsp3) is 0.238. The summed E-state index contributed by atoms with van der Waals surface area (Å²) in [5.41, 5.74) is 4.58. The zero-order valence-electron chi connectivity index (χ0n) is 14.8. The Kier molecular flexibility index (Phi) is 4.70. The normalized spacial score (nSPS) is 14.4. The Hall–Kier alpha value is -2.88. The van der Waals surface area contributed by atoms with Gasteiger partial charge in [-0.25, -0.2) is 0 Å². The van der Waals surface area contributed by atoms with E-state index < -0.39 is 0 Å². The molecule has 4 heteroatoms. The third-order valence-corrected chi connectivity index (χ3v) is 4.17. The van der Waals surface area contributed by atoms with Gasteiger partial charge < -0.3 is 5.32 Å². The SMILES string of the molecule is CCCN1C(=O)C(Nc2cc(C)cc(C)c2)=C(c2ccccc2)C1=O.